The Kier molecular flexibility index (Phi) is 6.78. The Labute approximate surface area is 186 Å². The Morgan fingerprint density at radius 1 is 1.25 bits per heavy atom. The second kappa shape index (κ2) is 9.35. The number of nitrogens with two attached hydrogens (primary N) is 2. The quantitative estimate of drug-likeness (QED) is 0.395. The molecule has 0 radical (unpaired) electrons. The summed E-state index contributed by atoms with van der Waals surface area (Å²) in [6, 6.07) is 2.57. The van der Waals surface area contributed by atoms with E-state index in [1.54, 1.807) is 10.9 Å². The van der Waals surface area contributed by atoms with Crippen molar-refractivity contribution in [2.45, 2.75) is 38.8 Å². The summed E-state index contributed by atoms with van der Waals surface area (Å²) < 4.78 is 16.4. The molecule has 11 heteroatoms. The smallest absolute Gasteiger partial charge is 0.252 e. The lowest BCUT2D eigenvalue weighted by atomic mass is 10.0. The van der Waals surface area contributed by atoms with Gasteiger partial charge in [0.15, 0.2) is 23.1 Å². The molecule has 0 aliphatic rings. The average molecular weight is 444 g/mol. The lowest BCUT2D eigenvalue weighted by Crippen LogP contribution is -2.39. The molecule has 3 aromatic rings. The fraction of sp³-hybridized carbons (Fsp3) is 0.429. The van der Waals surface area contributed by atoms with Crippen LogP contribution in [0.25, 0.3) is 11.0 Å². The summed E-state index contributed by atoms with van der Waals surface area (Å²) in [5, 5.41) is 11.4. The summed E-state index contributed by atoms with van der Waals surface area (Å²) in [5.41, 5.74) is 12.8. The van der Waals surface area contributed by atoms with Gasteiger partial charge in [-0.05, 0) is 25.0 Å². The van der Waals surface area contributed by atoms with Gasteiger partial charge in [-0.3, -0.25) is 4.79 Å². The Bertz CT molecular complexity index is 1130. The summed E-state index contributed by atoms with van der Waals surface area (Å²) in [7, 11) is 5.58. The maximum atomic E-state index is 14.7. The number of anilines is 4. The fourth-order valence-corrected chi connectivity index (χ4v) is 3.50. The molecule has 32 heavy (non-hydrogen) atoms. The van der Waals surface area contributed by atoms with E-state index in [4.69, 9.17) is 11.5 Å². The van der Waals surface area contributed by atoms with Crippen molar-refractivity contribution in [2.75, 3.05) is 29.6 Å². The summed E-state index contributed by atoms with van der Waals surface area (Å²) in [4.78, 5) is 22.6. The van der Waals surface area contributed by atoms with Gasteiger partial charge in [0, 0.05) is 33.2 Å². The van der Waals surface area contributed by atoms with Gasteiger partial charge in [-0.25, -0.2) is 19.0 Å². The zero-order chi connectivity index (χ0) is 23.6. The number of aryl methyl sites for hydroxylation is 1. The molecule has 0 unspecified atom stereocenters. The van der Waals surface area contributed by atoms with E-state index < -0.39 is 11.7 Å². The van der Waals surface area contributed by atoms with E-state index in [0.717, 1.165) is 23.7 Å². The highest BCUT2D eigenvalue weighted by Crippen LogP contribution is 2.29. The van der Waals surface area contributed by atoms with Gasteiger partial charge in [0.05, 0.1) is 22.8 Å². The SMILES string of the molecule is CC[C@H](N)[C@@H](CC)Nc1nc(Nc2cnc3c(c2)c(N(C)C)nn3C)c(C(N)=O)cc1F. The number of aromatic nitrogens is 4. The molecule has 172 valence electrons. The van der Waals surface area contributed by atoms with E-state index in [-0.39, 0.29) is 29.3 Å². The molecule has 0 aliphatic carbocycles. The van der Waals surface area contributed by atoms with Crippen LogP contribution in [0.15, 0.2) is 18.3 Å². The van der Waals surface area contributed by atoms with Crippen LogP contribution in [-0.4, -0.2) is 51.8 Å². The first-order valence-corrected chi connectivity index (χ1v) is 10.5. The molecule has 0 saturated carbocycles. The number of nitrogens with one attached hydrogen (secondary N) is 2. The molecule has 0 fully saturated rings. The van der Waals surface area contributed by atoms with Crippen LogP contribution in [0.2, 0.25) is 0 Å². The van der Waals surface area contributed by atoms with Gasteiger partial charge in [-0.2, -0.15) is 5.10 Å². The molecule has 0 bridgehead atoms. The third-order valence-corrected chi connectivity index (χ3v) is 5.34. The van der Waals surface area contributed by atoms with E-state index in [0.29, 0.717) is 17.8 Å². The van der Waals surface area contributed by atoms with Crippen LogP contribution in [0, 0.1) is 5.82 Å². The largest absolute Gasteiger partial charge is 0.365 e. The number of hydrogen-bond acceptors (Lipinski definition) is 8. The lowest BCUT2D eigenvalue weighted by molar-refractivity contribution is 0.100. The molecule has 0 aromatic carbocycles. The molecule has 0 aliphatic heterocycles. The molecule has 3 aromatic heterocycles. The van der Waals surface area contributed by atoms with Crippen molar-refractivity contribution in [1.29, 1.82) is 0 Å². The van der Waals surface area contributed by atoms with Crippen molar-refractivity contribution in [2.24, 2.45) is 18.5 Å². The Morgan fingerprint density at radius 3 is 2.56 bits per heavy atom. The normalized spacial score (nSPS) is 13.1. The number of nitrogens with zero attached hydrogens (tertiary/aromatic N) is 5. The summed E-state index contributed by atoms with van der Waals surface area (Å²) in [6.45, 7) is 3.92. The number of carbonyl (C=O) groups is 1. The van der Waals surface area contributed by atoms with Crippen LogP contribution in [0.4, 0.5) is 27.5 Å². The number of rotatable bonds is 9. The van der Waals surface area contributed by atoms with E-state index in [1.165, 1.54) is 0 Å². The molecule has 6 N–H and O–H groups in total. The number of primary amides is 1. The Morgan fingerprint density at radius 2 is 1.97 bits per heavy atom. The van der Waals surface area contributed by atoms with Gasteiger partial charge in [-0.1, -0.05) is 13.8 Å². The predicted octanol–water partition coefficient (Wildman–Crippen LogP) is 2.34. The first-order chi connectivity index (χ1) is 15.2. The minimum Gasteiger partial charge on any atom is -0.365 e. The van der Waals surface area contributed by atoms with Gasteiger partial charge >= 0.3 is 0 Å². The van der Waals surface area contributed by atoms with Crippen molar-refractivity contribution in [3.8, 4) is 0 Å². The van der Waals surface area contributed by atoms with Gasteiger partial charge in [0.2, 0.25) is 0 Å². The monoisotopic (exact) mass is 443 g/mol. The zero-order valence-electron chi connectivity index (χ0n) is 19.0. The van der Waals surface area contributed by atoms with Crippen LogP contribution in [0.5, 0.6) is 0 Å². The van der Waals surface area contributed by atoms with Crippen molar-refractivity contribution < 1.29 is 9.18 Å². The maximum Gasteiger partial charge on any atom is 0.252 e. The first kappa shape index (κ1) is 23.2. The molecular formula is C21H30FN9O. The van der Waals surface area contributed by atoms with Crippen LogP contribution in [0.3, 0.4) is 0 Å². The summed E-state index contributed by atoms with van der Waals surface area (Å²) >= 11 is 0. The number of amides is 1. The second-order valence-corrected chi connectivity index (χ2v) is 7.87. The predicted molar refractivity (Wildman–Crippen MR) is 125 cm³/mol. The lowest BCUT2D eigenvalue weighted by Gasteiger charge is -2.24. The highest BCUT2D eigenvalue weighted by Gasteiger charge is 2.21. The van der Waals surface area contributed by atoms with E-state index >= 15 is 0 Å². The number of halogens is 1. The molecule has 0 saturated heterocycles. The molecule has 10 nitrogen and oxygen atoms in total. The summed E-state index contributed by atoms with van der Waals surface area (Å²) in [5.74, 6) is -0.619. The number of hydrogen-bond donors (Lipinski definition) is 4. The average Bonchev–Trinajstić information content (AvgIpc) is 3.09. The van der Waals surface area contributed by atoms with Crippen LogP contribution >= 0.6 is 0 Å². The van der Waals surface area contributed by atoms with Crippen LogP contribution < -0.4 is 27.0 Å². The topological polar surface area (TPSA) is 140 Å². The van der Waals surface area contributed by atoms with Gasteiger partial charge in [0.25, 0.3) is 5.91 Å². The molecule has 2 atom stereocenters. The Hall–Kier alpha value is -3.47. The molecule has 3 rings (SSSR count). The van der Waals surface area contributed by atoms with E-state index in [2.05, 4.69) is 25.7 Å². The third-order valence-electron chi connectivity index (χ3n) is 5.34. The minimum atomic E-state index is -0.799. The zero-order valence-corrected chi connectivity index (χ0v) is 19.0. The maximum absolute atomic E-state index is 14.7. The highest BCUT2D eigenvalue weighted by atomic mass is 19.1. The molecular weight excluding hydrogens is 413 g/mol. The van der Waals surface area contributed by atoms with Crippen molar-refractivity contribution in [3.63, 3.8) is 0 Å². The standard InChI is InChI=1S/C21H30FN9O/c1-6-15(23)16(7-2)27-19-14(22)9-12(17(24)32)18(28-19)26-11-8-13-20(25-10-11)31(5)29-21(13)30(3)4/h8-10,15-16H,6-7,23H2,1-5H3,(H2,24,32)(H2,26,27,28)/t15-,16+/m0/s1. The van der Waals surface area contributed by atoms with Gasteiger partial charge in [-0.15, -0.1) is 0 Å². The third kappa shape index (κ3) is 4.57. The summed E-state index contributed by atoms with van der Waals surface area (Å²) in [6.07, 6.45) is 3.00. The Balaban J connectivity index is 2.02. The van der Waals surface area contributed by atoms with Gasteiger partial charge in [0.1, 0.15) is 5.82 Å². The van der Waals surface area contributed by atoms with Crippen molar-refractivity contribution in [3.05, 3.63) is 29.7 Å². The van der Waals surface area contributed by atoms with Crippen LogP contribution in [0.1, 0.15) is 37.0 Å². The van der Waals surface area contributed by atoms with Crippen LogP contribution in [-0.2, 0) is 7.05 Å². The number of fused-ring (bicyclic) bond motifs is 1. The highest BCUT2D eigenvalue weighted by molar-refractivity contribution is 5.99. The molecule has 3 heterocycles. The first-order valence-electron chi connectivity index (χ1n) is 10.5. The van der Waals surface area contributed by atoms with Crippen molar-refractivity contribution in [1.82, 2.24) is 19.7 Å². The fourth-order valence-electron chi connectivity index (χ4n) is 3.50. The molecule has 0 spiro atoms. The van der Waals surface area contributed by atoms with E-state index in [1.807, 2.05) is 46.0 Å². The van der Waals surface area contributed by atoms with Gasteiger partial charge < -0.3 is 27.0 Å². The number of carbonyl (C=O) groups excluding carboxylic acids is 1. The minimum absolute atomic E-state index is 0.00218. The van der Waals surface area contributed by atoms with E-state index in [9.17, 15) is 9.18 Å². The number of pyridine rings is 2. The molecule has 1 amide bonds. The van der Waals surface area contributed by atoms with Crippen molar-refractivity contribution >= 4 is 40.1 Å². The second-order valence-electron chi connectivity index (χ2n) is 7.87.